The van der Waals surface area contributed by atoms with Gasteiger partial charge >= 0.3 is 0 Å². The maximum atomic E-state index is 13.5. The highest BCUT2D eigenvalue weighted by Gasteiger charge is 2.28. The second kappa shape index (κ2) is 12.9. The molecule has 42 heavy (non-hydrogen) atoms. The molecule has 9 heteroatoms. The van der Waals surface area contributed by atoms with Crippen molar-refractivity contribution in [1.29, 1.82) is 0 Å². The van der Waals surface area contributed by atoms with Gasteiger partial charge in [0.2, 0.25) is 0 Å². The molecule has 1 amide bonds. The highest BCUT2D eigenvalue weighted by Crippen LogP contribution is 2.29. The Morgan fingerprint density at radius 3 is 2.38 bits per heavy atom. The summed E-state index contributed by atoms with van der Waals surface area (Å²) in [6, 6.07) is 34.4. The van der Waals surface area contributed by atoms with Crippen LogP contribution in [0, 0.1) is 6.92 Å². The van der Waals surface area contributed by atoms with Crippen LogP contribution in [0.3, 0.4) is 0 Å². The lowest BCUT2D eigenvalue weighted by atomic mass is 10.1. The van der Waals surface area contributed by atoms with Gasteiger partial charge in [0.1, 0.15) is 18.9 Å². The van der Waals surface area contributed by atoms with Gasteiger partial charge in [0, 0.05) is 5.02 Å². The molecule has 7 nitrogen and oxygen atoms in total. The van der Waals surface area contributed by atoms with Crippen molar-refractivity contribution in [2.45, 2.75) is 18.4 Å². The number of anilines is 1. The van der Waals surface area contributed by atoms with Gasteiger partial charge < -0.3 is 4.74 Å². The zero-order chi connectivity index (χ0) is 29.5. The zero-order valence-electron chi connectivity index (χ0n) is 22.8. The summed E-state index contributed by atoms with van der Waals surface area (Å²) in [4.78, 5) is 12.9. The van der Waals surface area contributed by atoms with Crippen LogP contribution in [-0.4, -0.2) is 27.1 Å². The van der Waals surface area contributed by atoms with E-state index in [1.807, 2.05) is 48.5 Å². The molecule has 0 saturated heterocycles. The molecular formula is C33H28ClN3O4S. The Labute approximate surface area is 250 Å². The Hall–Kier alpha value is -4.66. The van der Waals surface area contributed by atoms with Crippen molar-refractivity contribution < 1.29 is 17.9 Å². The molecule has 1 N–H and O–H groups in total. The van der Waals surface area contributed by atoms with Gasteiger partial charge in [-0.25, -0.2) is 13.8 Å². The number of sulfonamides is 1. The largest absolute Gasteiger partial charge is 0.489 e. The van der Waals surface area contributed by atoms with Crippen LogP contribution in [0.1, 0.15) is 16.7 Å². The summed E-state index contributed by atoms with van der Waals surface area (Å²) in [5.74, 6) is 0.0966. The third-order valence-electron chi connectivity index (χ3n) is 6.60. The van der Waals surface area contributed by atoms with Crippen LogP contribution >= 0.6 is 11.6 Å². The van der Waals surface area contributed by atoms with Gasteiger partial charge in [-0.3, -0.25) is 9.10 Å². The van der Waals surface area contributed by atoms with E-state index in [9.17, 15) is 13.2 Å². The first-order chi connectivity index (χ1) is 20.3. The number of carbonyl (C=O) groups is 1. The number of ether oxygens (including phenoxy) is 1. The van der Waals surface area contributed by atoms with Crippen molar-refractivity contribution in [3.8, 4) is 5.75 Å². The summed E-state index contributed by atoms with van der Waals surface area (Å²) in [5.41, 5.74) is 5.22. The van der Waals surface area contributed by atoms with E-state index in [4.69, 9.17) is 16.3 Å². The minimum atomic E-state index is -4.04. The van der Waals surface area contributed by atoms with E-state index in [2.05, 4.69) is 28.7 Å². The van der Waals surface area contributed by atoms with Gasteiger partial charge in [0.15, 0.2) is 0 Å². The molecule has 0 unspecified atom stereocenters. The second-order valence-electron chi connectivity index (χ2n) is 9.54. The summed E-state index contributed by atoms with van der Waals surface area (Å²) in [6.45, 7) is 1.69. The quantitative estimate of drug-likeness (QED) is 0.143. The van der Waals surface area contributed by atoms with E-state index >= 15 is 0 Å². The Morgan fingerprint density at radius 1 is 0.905 bits per heavy atom. The fourth-order valence-corrected chi connectivity index (χ4v) is 6.23. The summed E-state index contributed by atoms with van der Waals surface area (Å²) in [5, 5.41) is 6.81. The van der Waals surface area contributed by atoms with Crippen molar-refractivity contribution in [3.05, 3.63) is 137 Å². The van der Waals surface area contributed by atoms with Gasteiger partial charge in [-0.2, -0.15) is 5.10 Å². The summed E-state index contributed by atoms with van der Waals surface area (Å²) in [6.07, 6.45) is 1.48. The van der Waals surface area contributed by atoms with E-state index < -0.39 is 22.5 Å². The molecule has 0 aromatic heterocycles. The van der Waals surface area contributed by atoms with E-state index in [1.165, 1.54) is 18.3 Å². The Bertz CT molecular complexity index is 1840. The molecule has 0 radical (unpaired) electrons. The molecule has 5 aromatic rings. The third-order valence-corrected chi connectivity index (χ3v) is 8.61. The first kappa shape index (κ1) is 28.9. The maximum Gasteiger partial charge on any atom is 0.264 e. The molecule has 0 aliphatic rings. The van der Waals surface area contributed by atoms with Crippen LogP contribution in [0.4, 0.5) is 5.69 Å². The standard InChI is InChI=1S/C33H28ClN3O4S/c1-24-20-28(34)16-19-32(24)37(42(39,40)30-11-3-2-4-12-30)22-33(38)36-35-21-25-14-17-29(18-15-25)41-23-27-10-7-9-26-8-5-6-13-31(26)27/h2-21H,22-23H2,1H3,(H,36,38)/b35-21+. The average Bonchev–Trinajstić information content (AvgIpc) is 3.00. The molecule has 5 rings (SSSR count). The monoisotopic (exact) mass is 597 g/mol. The van der Waals surface area contributed by atoms with Crippen LogP contribution in [0.2, 0.25) is 5.02 Å². The number of benzene rings is 5. The Kier molecular flexibility index (Phi) is 8.85. The van der Waals surface area contributed by atoms with E-state index in [-0.39, 0.29) is 4.90 Å². The normalized spacial score (nSPS) is 11.5. The third kappa shape index (κ3) is 6.79. The van der Waals surface area contributed by atoms with Crippen LogP contribution < -0.4 is 14.5 Å². The fourth-order valence-electron chi connectivity index (χ4n) is 4.49. The second-order valence-corrected chi connectivity index (χ2v) is 11.8. The highest BCUT2D eigenvalue weighted by molar-refractivity contribution is 7.92. The number of halogens is 1. The number of nitrogens with one attached hydrogen (secondary N) is 1. The van der Waals surface area contributed by atoms with Crippen molar-refractivity contribution in [2.24, 2.45) is 5.10 Å². The lowest BCUT2D eigenvalue weighted by molar-refractivity contribution is -0.119. The molecule has 0 atom stereocenters. The number of hydrogen-bond acceptors (Lipinski definition) is 5. The van der Waals surface area contributed by atoms with Crippen molar-refractivity contribution in [2.75, 3.05) is 10.8 Å². The number of fused-ring (bicyclic) bond motifs is 1. The molecule has 0 saturated carbocycles. The lowest BCUT2D eigenvalue weighted by Gasteiger charge is -2.25. The molecule has 5 aromatic carbocycles. The highest BCUT2D eigenvalue weighted by atomic mass is 35.5. The van der Waals surface area contributed by atoms with Crippen molar-refractivity contribution in [3.63, 3.8) is 0 Å². The summed E-state index contributed by atoms with van der Waals surface area (Å²) in [7, 11) is -4.04. The number of rotatable bonds is 10. The van der Waals surface area contributed by atoms with Gasteiger partial charge in [-0.15, -0.1) is 0 Å². The van der Waals surface area contributed by atoms with E-state index in [1.54, 1.807) is 43.3 Å². The maximum absolute atomic E-state index is 13.5. The van der Waals surface area contributed by atoms with Crippen LogP contribution in [0.25, 0.3) is 10.8 Å². The first-order valence-corrected chi connectivity index (χ1v) is 15.0. The molecule has 0 fully saturated rings. The number of nitrogens with zero attached hydrogens (tertiary/aromatic N) is 2. The van der Waals surface area contributed by atoms with Crippen LogP contribution in [0.15, 0.2) is 125 Å². The predicted molar refractivity (Wildman–Crippen MR) is 168 cm³/mol. The summed E-state index contributed by atoms with van der Waals surface area (Å²) >= 11 is 6.09. The van der Waals surface area contributed by atoms with E-state index in [0.717, 1.165) is 26.2 Å². The topological polar surface area (TPSA) is 88.1 Å². The number of amides is 1. The van der Waals surface area contributed by atoms with E-state index in [0.29, 0.717) is 28.6 Å². The Balaban J connectivity index is 1.23. The van der Waals surface area contributed by atoms with Crippen LogP contribution in [0.5, 0.6) is 5.75 Å². The minimum Gasteiger partial charge on any atom is -0.489 e. The smallest absolute Gasteiger partial charge is 0.264 e. The molecule has 0 aliphatic carbocycles. The molecule has 0 bridgehead atoms. The van der Waals surface area contributed by atoms with Crippen molar-refractivity contribution in [1.82, 2.24) is 5.43 Å². The zero-order valence-corrected chi connectivity index (χ0v) is 24.3. The predicted octanol–water partition coefficient (Wildman–Crippen LogP) is 6.73. The van der Waals surface area contributed by atoms with Gasteiger partial charge in [0.25, 0.3) is 15.9 Å². The van der Waals surface area contributed by atoms with Gasteiger partial charge in [-0.05, 0) is 89.0 Å². The first-order valence-electron chi connectivity index (χ1n) is 13.2. The molecular weight excluding hydrogens is 570 g/mol. The number of aryl methyl sites for hydroxylation is 1. The number of hydrogen-bond donors (Lipinski definition) is 1. The number of carbonyl (C=O) groups excluding carboxylic acids is 1. The minimum absolute atomic E-state index is 0.0680. The number of hydrazone groups is 1. The molecule has 0 heterocycles. The fraction of sp³-hybridized carbons (Fsp3) is 0.0909. The molecule has 212 valence electrons. The average molecular weight is 598 g/mol. The SMILES string of the molecule is Cc1cc(Cl)ccc1N(CC(=O)N/N=C/c1ccc(OCc2cccc3ccccc23)cc1)S(=O)(=O)c1ccccc1. The van der Waals surface area contributed by atoms with Crippen LogP contribution in [-0.2, 0) is 21.4 Å². The molecule has 0 aliphatic heterocycles. The summed E-state index contributed by atoms with van der Waals surface area (Å²) < 4.78 is 34.0. The lowest BCUT2D eigenvalue weighted by Crippen LogP contribution is -2.40. The molecule has 0 spiro atoms. The van der Waals surface area contributed by atoms with Gasteiger partial charge in [0.05, 0.1) is 16.8 Å². The van der Waals surface area contributed by atoms with Crippen molar-refractivity contribution >= 4 is 50.2 Å². The Morgan fingerprint density at radius 2 is 1.62 bits per heavy atom. The van der Waals surface area contributed by atoms with Gasteiger partial charge in [-0.1, -0.05) is 72.3 Å².